The molecule has 0 radical (unpaired) electrons. The molecule has 0 amide bonds. The maximum absolute atomic E-state index is 13.2. The minimum Gasteiger partial charge on any atom is -0.496 e. The Bertz CT molecular complexity index is 406. The summed E-state index contributed by atoms with van der Waals surface area (Å²) in [5, 5.41) is 8.69. The van der Waals surface area contributed by atoms with E-state index >= 15 is 0 Å². The molecule has 0 bridgehead atoms. The van der Waals surface area contributed by atoms with Crippen LogP contribution in [0.5, 0.6) is 5.75 Å². The average Bonchev–Trinajstić information content (AvgIpc) is 2.16. The lowest BCUT2D eigenvalue weighted by atomic mass is 10.0. The minimum absolute atomic E-state index is 0.0388. The van der Waals surface area contributed by atoms with Crippen LogP contribution in [0.4, 0.5) is 4.39 Å². The first-order valence-electron chi connectivity index (χ1n) is 4.77. The molecule has 1 unspecified atom stereocenters. The minimum atomic E-state index is -1.12. The van der Waals surface area contributed by atoms with Gasteiger partial charge in [-0.25, -0.2) is 4.39 Å². The number of carboxylic acids is 1. The Labute approximate surface area is 92.8 Å². The van der Waals surface area contributed by atoms with Gasteiger partial charge in [0, 0.05) is 6.42 Å². The van der Waals surface area contributed by atoms with E-state index in [0.717, 1.165) is 0 Å². The normalized spacial score (nSPS) is 12.2. The summed E-state index contributed by atoms with van der Waals surface area (Å²) >= 11 is 0. The molecule has 4 nitrogen and oxygen atoms in total. The molecule has 1 aromatic carbocycles. The van der Waals surface area contributed by atoms with Crippen molar-refractivity contribution in [1.29, 1.82) is 0 Å². The van der Waals surface area contributed by atoms with Gasteiger partial charge in [-0.1, -0.05) is 0 Å². The third kappa shape index (κ3) is 2.70. The van der Waals surface area contributed by atoms with E-state index in [1.807, 2.05) is 0 Å². The first-order chi connectivity index (χ1) is 7.45. The highest BCUT2D eigenvalue weighted by atomic mass is 19.1. The van der Waals surface area contributed by atoms with Crippen molar-refractivity contribution in [3.05, 3.63) is 29.1 Å². The lowest BCUT2D eigenvalue weighted by Crippen LogP contribution is -2.32. The number of aryl methyl sites for hydroxylation is 1. The van der Waals surface area contributed by atoms with Crippen LogP contribution < -0.4 is 10.5 Å². The average molecular weight is 227 g/mol. The molecule has 0 aliphatic carbocycles. The number of halogens is 1. The molecule has 0 aromatic heterocycles. The summed E-state index contributed by atoms with van der Waals surface area (Å²) < 4.78 is 18.2. The Morgan fingerprint density at radius 3 is 2.75 bits per heavy atom. The van der Waals surface area contributed by atoms with Crippen LogP contribution in [0.15, 0.2) is 12.1 Å². The summed E-state index contributed by atoms with van der Waals surface area (Å²) in [6, 6.07) is 1.51. The molecule has 0 saturated heterocycles. The highest BCUT2D eigenvalue weighted by Gasteiger charge is 2.17. The molecule has 3 N–H and O–H groups in total. The zero-order valence-corrected chi connectivity index (χ0v) is 9.16. The Morgan fingerprint density at radius 1 is 1.62 bits per heavy atom. The van der Waals surface area contributed by atoms with Crippen LogP contribution in [0.2, 0.25) is 0 Å². The number of hydrogen-bond donors (Lipinski definition) is 2. The van der Waals surface area contributed by atoms with E-state index in [1.165, 1.54) is 19.2 Å². The van der Waals surface area contributed by atoms with Crippen molar-refractivity contribution in [3.8, 4) is 5.75 Å². The van der Waals surface area contributed by atoms with Gasteiger partial charge in [-0.05, 0) is 30.2 Å². The number of carbonyl (C=O) groups is 1. The number of hydrogen-bond acceptors (Lipinski definition) is 3. The van der Waals surface area contributed by atoms with E-state index in [9.17, 15) is 9.18 Å². The molecule has 0 heterocycles. The third-order valence-electron chi connectivity index (χ3n) is 2.28. The van der Waals surface area contributed by atoms with Crippen molar-refractivity contribution in [2.75, 3.05) is 7.11 Å². The third-order valence-corrected chi connectivity index (χ3v) is 2.28. The SMILES string of the molecule is COc1c(C)cc(F)cc1CC(N)C(=O)O. The van der Waals surface area contributed by atoms with Gasteiger partial charge in [0.1, 0.15) is 17.6 Å². The van der Waals surface area contributed by atoms with E-state index < -0.39 is 17.8 Å². The fraction of sp³-hybridized carbons (Fsp3) is 0.364. The number of rotatable bonds is 4. The monoisotopic (exact) mass is 227 g/mol. The van der Waals surface area contributed by atoms with Gasteiger partial charge in [-0.2, -0.15) is 0 Å². The van der Waals surface area contributed by atoms with Gasteiger partial charge in [-0.15, -0.1) is 0 Å². The van der Waals surface area contributed by atoms with Crippen molar-refractivity contribution in [2.45, 2.75) is 19.4 Å². The molecule has 0 saturated carbocycles. The maximum atomic E-state index is 13.2. The Morgan fingerprint density at radius 2 is 2.25 bits per heavy atom. The summed E-state index contributed by atoms with van der Waals surface area (Å²) in [6.45, 7) is 1.69. The van der Waals surface area contributed by atoms with Crippen molar-refractivity contribution in [2.24, 2.45) is 5.73 Å². The Kier molecular flexibility index (Phi) is 3.84. The molecule has 0 aliphatic heterocycles. The number of carboxylic acid groups (broad SMARTS) is 1. The molecule has 16 heavy (non-hydrogen) atoms. The summed E-state index contributed by atoms with van der Waals surface area (Å²) in [6.07, 6.45) is 0.0388. The number of methoxy groups -OCH3 is 1. The predicted molar refractivity (Wildman–Crippen MR) is 57.0 cm³/mol. The maximum Gasteiger partial charge on any atom is 0.320 e. The van der Waals surface area contributed by atoms with Crippen molar-refractivity contribution < 1.29 is 19.0 Å². The van der Waals surface area contributed by atoms with Gasteiger partial charge < -0.3 is 15.6 Å². The fourth-order valence-corrected chi connectivity index (χ4v) is 1.57. The van der Waals surface area contributed by atoms with Crippen molar-refractivity contribution >= 4 is 5.97 Å². The van der Waals surface area contributed by atoms with E-state index in [1.54, 1.807) is 6.92 Å². The van der Waals surface area contributed by atoms with Gasteiger partial charge >= 0.3 is 5.97 Å². The Hall–Kier alpha value is -1.62. The van der Waals surface area contributed by atoms with E-state index in [-0.39, 0.29) is 6.42 Å². The number of benzene rings is 1. The van der Waals surface area contributed by atoms with E-state index in [2.05, 4.69) is 0 Å². The quantitative estimate of drug-likeness (QED) is 0.807. The van der Waals surface area contributed by atoms with Crippen molar-refractivity contribution in [1.82, 2.24) is 0 Å². The molecule has 0 spiro atoms. The van der Waals surface area contributed by atoms with E-state index in [4.69, 9.17) is 15.6 Å². The largest absolute Gasteiger partial charge is 0.496 e. The van der Waals surface area contributed by atoms with Crippen molar-refractivity contribution in [3.63, 3.8) is 0 Å². The Balaban J connectivity index is 3.07. The molecule has 88 valence electrons. The molecule has 1 rings (SSSR count). The van der Waals surface area contributed by atoms with Crippen LogP contribution in [0, 0.1) is 12.7 Å². The predicted octanol–water partition coefficient (Wildman–Crippen LogP) is 1.10. The summed E-state index contributed by atoms with van der Waals surface area (Å²) in [5.41, 5.74) is 6.48. The summed E-state index contributed by atoms with van der Waals surface area (Å²) in [4.78, 5) is 10.6. The molecular weight excluding hydrogens is 213 g/mol. The topological polar surface area (TPSA) is 72.5 Å². The van der Waals surface area contributed by atoms with Crippen LogP contribution in [0.1, 0.15) is 11.1 Å². The zero-order chi connectivity index (χ0) is 12.3. The van der Waals surface area contributed by atoms with Gasteiger partial charge in [0.2, 0.25) is 0 Å². The van der Waals surface area contributed by atoms with Crippen LogP contribution >= 0.6 is 0 Å². The van der Waals surface area contributed by atoms with Crippen LogP contribution in [-0.2, 0) is 11.2 Å². The standard InChI is InChI=1S/C11H14FNO3/c1-6-3-8(12)4-7(10(6)16-2)5-9(13)11(14)15/h3-4,9H,5,13H2,1-2H3,(H,14,15). The smallest absolute Gasteiger partial charge is 0.320 e. The van der Waals surface area contributed by atoms with Crippen LogP contribution in [0.25, 0.3) is 0 Å². The lowest BCUT2D eigenvalue weighted by Gasteiger charge is -2.13. The second kappa shape index (κ2) is 4.94. The van der Waals surface area contributed by atoms with E-state index in [0.29, 0.717) is 16.9 Å². The lowest BCUT2D eigenvalue weighted by molar-refractivity contribution is -0.138. The first kappa shape index (κ1) is 12.4. The van der Waals surface area contributed by atoms with Gasteiger partial charge in [0.05, 0.1) is 7.11 Å². The fourth-order valence-electron chi connectivity index (χ4n) is 1.57. The molecule has 0 aliphatic rings. The molecule has 5 heteroatoms. The number of aliphatic carboxylic acids is 1. The molecular formula is C11H14FNO3. The van der Waals surface area contributed by atoms with Crippen LogP contribution in [-0.4, -0.2) is 24.2 Å². The number of ether oxygens (including phenoxy) is 1. The number of nitrogens with two attached hydrogens (primary N) is 1. The van der Waals surface area contributed by atoms with Gasteiger partial charge in [-0.3, -0.25) is 4.79 Å². The molecule has 1 atom stereocenters. The summed E-state index contributed by atoms with van der Waals surface area (Å²) in [5.74, 6) is -1.06. The highest BCUT2D eigenvalue weighted by molar-refractivity contribution is 5.73. The van der Waals surface area contributed by atoms with Crippen LogP contribution in [0.3, 0.4) is 0 Å². The second-order valence-electron chi connectivity index (χ2n) is 3.56. The first-order valence-corrected chi connectivity index (χ1v) is 4.77. The summed E-state index contributed by atoms with van der Waals surface area (Å²) in [7, 11) is 1.45. The highest BCUT2D eigenvalue weighted by Crippen LogP contribution is 2.25. The second-order valence-corrected chi connectivity index (χ2v) is 3.56. The van der Waals surface area contributed by atoms with Gasteiger partial charge in [0.15, 0.2) is 0 Å². The molecule has 0 fully saturated rings. The van der Waals surface area contributed by atoms with Gasteiger partial charge in [0.25, 0.3) is 0 Å². The molecule has 1 aromatic rings. The zero-order valence-electron chi connectivity index (χ0n) is 9.16.